The molecule has 0 heterocycles. The Bertz CT molecular complexity index is 208. The number of hydrogen-bond acceptors (Lipinski definition) is 0. The van der Waals surface area contributed by atoms with Crippen molar-refractivity contribution < 1.29 is 0 Å². The van der Waals surface area contributed by atoms with E-state index in [1.807, 2.05) is 0 Å². The van der Waals surface area contributed by atoms with Gasteiger partial charge in [0.2, 0.25) is 0 Å². The first-order chi connectivity index (χ1) is 11.8. The van der Waals surface area contributed by atoms with E-state index in [0.717, 1.165) is 5.92 Å². The summed E-state index contributed by atoms with van der Waals surface area (Å²) >= 11 is 0. The molecule has 0 amide bonds. The molecule has 0 aromatic rings. The minimum atomic E-state index is 0.971. The molecule has 0 rings (SSSR count). The lowest BCUT2D eigenvalue weighted by atomic mass is 9.95. The zero-order valence-electron chi connectivity index (χ0n) is 17.7. The molecule has 0 bridgehead atoms. The van der Waals surface area contributed by atoms with E-state index >= 15 is 0 Å². The third-order valence-corrected chi connectivity index (χ3v) is 5.60. The van der Waals surface area contributed by atoms with Crippen molar-refractivity contribution in [1.29, 1.82) is 0 Å². The van der Waals surface area contributed by atoms with Crippen molar-refractivity contribution in [2.24, 2.45) is 5.92 Å². The quantitative estimate of drug-likeness (QED) is 0.194. The molecule has 0 nitrogen and oxygen atoms in total. The van der Waals surface area contributed by atoms with Gasteiger partial charge in [-0.2, -0.15) is 0 Å². The molecule has 0 aromatic heterocycles. The van der Waals surface area contributed by atoms with Gasteiger partial charge in [-0.3, -0.25) is 0 Å². The second-order valence-corrected chi connectivity index (χ2v) is 8.34. The van der Waals surface area contributed by atoms with Gasteiger partial charge in [-0.25, -0.2) is 0 Å². The first-order valence-corrected chi connectivity index (χ1v) is 11.8. The van der Waals surface area contributed by atoms with Gasteiger partial charge in [-0.15, -0.1) is 0 Å². The molecule has 0 fully saturated rings. The van der Waals surface area contributed by atoms with E-state index in [9.17, 15) is 0 Å². The molecule has 0 N–H and O–H groups in total. The van der Waals surface area contributed by atoms with E-state index in [2.05, 4.69) is 20.8 Å². The first-order valence-electron chi connectivity index (χ1n) is 11.8. The summed E-state index contributed by atoms with van der Waals surface area (Å²) in [4.78, 5) is 0. The van der Waals surface area contributed by atoms with Crippen molar-refractivity contribution in [1.82, 2.24) is 0 Å². The maximum absolute atomic E-state index is 2.48. The molecular weight excluding hydrogens is 288 g/mol. The van der Waals surface area contributed by atoms with Gasteiger partial charge in [-0.1, -0.05) is 149 Å². The van der Waals surface area contributed by atoms with Crippen LogP contribution in [0.15, 0.2) is 0 Å². The van der Waals surface area contributed by atoms with Crippen LogP contribution in [0.5, 0.6) is 0 Å². The van der Waals surface area contributed by atoms with Crippen LogP contribution >= 0.6 is 0 Å². The summed E-state index contributed by atoms with van der Waals surface area (Å²) in [6.07, 6.45) is 29.3. The van der Waals surface area contributed by atoms with Gasteiger partial charge in [0.05, 0.1) is 0 Å². The molecule has 1 unspecified atom stereocenters. The van der Waals surface area contributed by atoms with E-state index in [0.29, 0.717) is 0 Å². The molecule has 0 saturated carbocycles. The lowest BCUT2D eigenvalue weighted by Crippen LogP contribution is -1.95. The summed E-state index contributed by atoms with van der Waals surface area (Å²) in [7, 11) is 0. The Balaban J connectivity index is 3.11. The lowest BCUT2D eigenvalue weighted by Gasteiger charge is -2.11. The average Bonchev–Trinajstić information content (AvgIpc) is 2.59. The van der Waals surface area contributed by atoms with Gasteiger partial charge in [0.15, 0.2) is 0 Å². The summed E-state index contributed by atoms with van der Waals surface area (Å²) < 4.78 is 0. The number of hydrogen-bond donors (Lipinski definition) is 0. The maximum atomic E-state index is 2.48. The zero-order chi connectivity index (χ0) is 17.7. The van der Waals surface area contributed by atoms with Crippen molar-refractivity contribution >= 4 is 0 Å². The fourth-order valence-electron chi connectivity index (χ4n) is 3.75. The fraction of sp³-hybridized carbons (Fsp3) is 1.00. The van der Waals surface area contributed by atoms with Crippen molar-refractivity contribution in [3.05, 3.63) is 0 Å². The number of rotatable bonds is 20. The topological polar surface area (TPSA) is 0 Å². The third-order valence-electron chi connectivity index (χ3n) is 5.60. The standard InChI is InChI=1S/C24H50/c1-4-6-8-10-12-14-15-17-19-21-23-24(3)22-20-18-16-13-11-9-7-5-2/h24H,4-23H2,1-3H3. The molecular formula is C24H50. The van der Waals surface area contributed by atoms with Gasteiger partial charge >= 0.3 is 0 Å². The van der Waals surface area contributed by atoms with E-state index in [4.69, 9.17) is 0 Å². The predicted molar refractivity (Wildman–Crippen MR) is 113 cm³/mol. The van der Waals surface area contributed by atoms with Gasteiger partial charge < -0.3 is 0 Å². The molecule has 146 valence electrons. The Labute approximate surface area is 155 Å². The minimum absolute atomic E-state index is 0.971. The highest BCUT2D eigenvalue weighted by Crippen LogP contribution is 2.19. The van der Waals surface area contributed by atoms with Crippen molar-refractivity contribution in [3.8, 4) is 0 Å². The maximum Gasteiger partial charge on any atom is -0.0443 e. The second-order valence-electron chi connectivity index (χ2n) is 8.34. The summed E-state index contributed by atoms with van der Waals surface area (Å²) in [6, 6.07) is 0. The van der Waals surface area contributed by atoms with Crippen molar-refractivity contribution in [2.45, 2.75) is 149 Å². The number of unbranched alkanes of at least 4 members (excludes halogenated alkanes) is 16. The molecule has 0 aromatic carbocycles. The zero-order valence-corrected chi connectivity index (χ0v) is 17.7. The summed E-state index contributed by atoms with van der Waals surface area (Å²) in [5.41, 5.74) is 0. The van der Waals surface area contributed by atoms with E-state index in [1.165, 1.54) is 128 Å². The minimum Gasteiger partial charge on any atom is -0.0654 e. The first kappa shape index (κ1) is 24.0. The Kier molecular flexibility index (Phi) is 21.0. The molecule has 0 aliphatic heterocycles. The Morgan fingerprint density at radius 1 is 0.375 bits per heavy atom. The monoisotopic (exact) mass is 338 g/mol. The normalized spacial score (nSPS) is 12.6. The molecule has 0 heteroatoms. The van der Waals surface area contributed by atoms with Crippen LogP contribution < -0.4 is 0 Å². The van der Waals surface area contributed by atoms with Crippen LogP contribution in [0.2, 0.25) is 0 Å². The van der Waals surface area contributed by atoms with Crippen LogP contribution in [0, 0.1) is 5.92 Å². The van der Waals surface area contributed by atoms with Crippen LogP contribution in [-0.2, 0) is 0 Å². The van der Waals surface area contributed by atoms with Crippen molar-refractivity contribution in [2.75, 3.05) is 0 Å². The fourth-order valence-corrected chi connectivity index (χ4v) is 3.75. The Morgan fingerprint density at radius 3 is 0.917 bits per heavy atom. The van der Waals surface area contributed by atoms with Gasteiger partial charge in [0.25, 0.3) is 0 Å². The van der Waals surface area contributed by atoms with Crippen LogP contribution in [-0.4, -0.2) is 0 Å². The van der Waals surface area contributed by atoms with Crippen LogP contribution in [0.3, 0.4) is 0 Å². The molecule has 0 saturated heterocycles. The van der Waals surface area contributed by atoms with E-state index in [-0.39, 0.29) is 0 Å². The smallest absolute Gasteiger partial charge is 0.0443 e. The second kappa shape index (κ2) is 21.0. The summed E-state index contributed by atoms with van der Waals surface area (Å²) in [5, 5.41) is 0. The highest BCUT2D eigenvalue weighted by atomic mass is 14.1. The molecule has 24 heavy (non-hydrogen) atoms. The highest BCUT2D eigenvalue weighted by Gasteiger charge is 2.02. The van der Waals surface area contributed by atoms with E-state index < -0.39 is 0 Å². The molecule has 0 aliphatic rings. The van der Waals surface area contributed by atoms with Crippen LogP contribution in [0.4, 0.5) is 0 Å². The molecule has 0 aliphatic carbocycles. The third kappa shape index (κ3) is 20.0. The van der Waals surface area contributed by atoms with Gasteiger partial charge in [0.1, 0.15) is 0 Å². The largest absolute Gasteiger partial charge is 0.0654 e. The SMILES string of the molecule is CCCCCCCCCCCCC(C)CCCCCCCCCC. The summed E-state index contributed by atoms with van der Waals surface area (Å²) in [5.74, 6) is 0.971. The van der Waals surface area contributed by atoms with Gasteiger partial charge in [-0.05, 0) is 5.92 Å². The Morgan fingerprint density at radius 2 is 0.625 bits per heavy atom. The van der Waals surface area contributed by atoms with E-state index in [1.54, 1.807) is 0 Å². The van der Waals surface area contributed by atoms with Crippen LogP contribution in [0.1, 0.15) is 149 Å². The average molecular weight is 339 g/mol. The van der Waals surface area contributed by atoms with Crippen LogP contribution in [0.25, 0.3) is 0 Å². The molecule has 1 atom stereocenters. The van der Waals surface area contributed by atoms with Crippen molar-refractivity contribution in [3.63, 3.8) is 0 Å². The predicted octanol–water partition coefficient (Wildman–Crippen LogP) is 9.46. The molecule has 0 radical (unpaired) electrons. The highest BCUT2D eigenvalue weighted by molar-refractivity contribution is 4.56. The molecule has 0 spiro atoms. The lowest BCUT2D eigenvalue weighted by molar-refractivity contribution is 0.430. The Hall–Kier alpha value is 0. The van der Waals surface area contributed by atoms with Gasteiger partial charge in [0, 0.05) is 0 Å². The summed E-state index contributed by atoms with van der Waals surface area (Å²) in [6.45, 7) is 7.08.